The van der Waals surface area contributed by atoms with Gasteiger partial charge in [0.2, 0.25) is 5.91 Å². The van der Waals surface area contributed by atoms with Crippen LogP contribution in [0.2, 0.25) is 9.39 Å². The van der Waals surface area contributed by atoms with Gasteiger partial charge in [-0.1, -0.05) is 41.9 Å². The third-order valence-electron chi connectivity index (χ3n) is 11.7. The van der Waals surface area contributed by atoms with Crippen molar-refractivity contribution in [3.05, 3.63) is 102 Å². The van der Waals surface area contributed by atoms with Gasteiger partial charge in [-0.15, -0.1) is 17.9 Å². The molecule has 7 rings (SSSR count). The number of thiazole rings is 1. The van der Waals surface area contributed by atoms with Crippen molar-refractivity contribution in [2.75, 3.05) is 68.0 Å². The van der Waals surface area contributed by atoms with E-state index in [-0.39, 0.29) is 17.7 Å². The van der Waals surface area contributed by atoms with E-state index in [9.17, 15) is 14.4 Å². The minimum atomic E-state index is -1.03. The summed E-state index contributed by atoms with van der Waals surface area (Å²) < 4.78 is 14.2. The van der Waals surface area contributed by atoms with Crippen molar-refractivity contribution in [1.82, 2.24) is 20.6 Å². The van der Waals surface area contributed by atoms with Gasteiger partial charge in [0.25, 0.3) is 0 Å². The fraction of sp³-hybridized carbons (Fsp3) is 0.383. The van der Waals surface area contributed by atoms with Gasteiger partial charge in [-0.3, -0.25) is 4.79 Å². The van der Waals surface area contributed by atoms with E-state index in [1.807, 2.05) is 85.1 Å². The number of aldehydes is 1. The maximum atomic E-state index is 12.8. The van der Waals surface area contributed by atoms with Crippen molar-refractivity contribution >= 4 is 91.5 Å². The molecule has 3 aromatic carbocycles. The largest absolute Gasteiger partial charge is 0.239 e. The van der Waals surface area contributed by atoms with E-state index in [1.54, 1.807) is 7.05 Å². The summed E-state index contributed by atoms with van der Waals surface area (Å²) in [5, 5.41) is 10.9. The van der Waals surface area contributed by atoms with E-state index in [4.69, 9.17) is 31.0 Å². The Balaban J connectivity index is 0.910. The van der Waals surface area contributed by atoms with Gasteiger partial charge in [0.1, 0.15) is 10.8 Å². The summed E-state index contributed by atoms with van der Waals surface area (Å²) in [6, 6.07) is 23.2. The number of allylic oxidation sites excluding steroid dienone is 1. The Morgan fingerprint density at radius 2 is 1.85 bits per heavy atom. The fourth-order valence-electron chi connectivity index (χ4n) is 8.12. The van der Waals surface area contributed by atoms with Gasteiger partial charge >= 0.3 is 178 Å². The van der Waals surface area contributed by atoms with Gasteiger partial charge < -0.3 is 10.2 Å². The third kappa shape index (κ3) is 11.1. The van der Waals surface area contributed by atoms with Crippen LogP contribution in [-0.2, 0) is 14.4 Å². The number of para-hydroxylation sites is 1. The van der Waals surface area contributed by atoms with Crippen LogP contribution in [0.25, 0.3) is 20.8 Å². The fourth-order valence-corrected chi connectivity index (χ4v) is 9.63. The number of carbonyl (C=O) groups is 3. The molecule has 1 atom stereocenters. The minimum absolute atomic E-state index is 0.000599. The van der Waals surface area contributed by atoms with E-state index < -0.39 is 5.60 Å². The molecule has 0 bridgehead atoms. The van der Waals surface area contributed by atoms with Crippen LogP contribution in [0.4, 0.5) is 17.2 Å². The van der Waals surface area contributed by atoms with Crippen molar-refractivity contribution in [3.63, 3.8) is 0 Å². The number of nitrogens with zero attached hydrogens (tertiary/aromatic N) is 4. The molecule has 2 aliphatic heterocycles. The number of hydrogen-bond acceptors (Lipinski definition) is 11. The van der Waals surface area contributed by atoms with Crippen molar-refractivity contribution in [2.24, 2.45) is 5.92 Å². The molecule has 12 nitrogen and oxygen atoms in total. The Morgan fingerprint density at radius 3 is 2.56 bits per heavy atom. The zero-order valence-corrected chi connectivity index (χ0v) is 39.1. The number of pyridine rings is 1. The molecule has 0 spiro atoms. The summed E-state index contributed by atoms with van der Waals surface area (Å²) in [5.74, 6) is 2.52. The molecule has 324 valence electrons. The average molecular weight is 985 g/mol. The van der Waals surface area contributed by atoms with Crippen LogP contribution >= 0.6 is 22.9 Å². The Kier molecular flexibility index (Phi) is 15.8. The van der Waals surface area contributed by atoms with Gasteiger partial charge in [0, 0.05) is 26.3 Å². The van der Waals surface area contributed by atoms with Crippen molar-refractivity contribution in [1.29, 1.82) is 0 Å². The van der Waals surface area contributed by atoms with E-state index in [0.717, 1.165) is 83.0 Å². The van der Waals surface area contributed by atoms with E-state index in [1.165, 1.54) is 34.4 Å². The Morgan fingerprint density at radius 1 is 1.05 bits per heavy atom. The summed E-state index contributed by atoms with van der Waals surface area (Å²) >= 11 is 9.42. The second-order valence-corrected chi connectivity index (χ2v) is 18.0. The number of aromatic nitrogens is 2. The summed E-state index contributed by atoms with van der Waals surface area (Å²) in [7, 11) is 1.67. The molecule has 62 heavy (non-hydrogen) atoms. The number of ether oxygens (including phenoxy) is 2. The quantitative estimate of drug-likeness (QED) is 0.0325. The normalized spacial score (nSPS) is 15.8. The molecule has 2 radical (unpaired) electrons. The number of fused-ring (bicyclic) bond motifs is 1. The van der Waals surface area contributed by atoms with E-state index in [0.29, 0.717) is 78.0 Å². The first-order valence-corrected chi connectivity index (χ1v) is 24.2. The second kappa shape index (κ2) is 21.6. The summed E-state index contributed by atoms with van der Waals surface area (Å²) in [4.78, 5) is 51.9. The number of amides is 2. The summed E-state index contributed by atoms with van der Waals surface area (Å²) in [6.45, 7) is 8.82. The average Bonchev–Trinajstić information content (AvgIpc) is 3.76. The topological polar surface area (TPSA) is 138 Å². The molecule has 3 N–H and O–H groups in total. The van der Waals surface area contributed by atoms with Crippen LogP contribution in [-0.4, -0.2) is 110 Å². The Labute approximate surface area is 386 Å². The molecule has 15 heteroatoms. The van der Waals surface area contributed by atoms with Crippen LogP contribution in [0.15, 0.2) is 91.6 Å². The van der Waals surface area contributed by atoms with E-state index in [2.05, 4.69) is 32.3 Å². The molecule has 2 aliphatic rings. The van der Waals surface area contributed by atoms with Gasteiger partial charge in [0.05, 0.1) is 21.2 Å². The smallest absolute Gasteiger partial charge is 0.0332 e. The first kappa shape index (κ1) is 45.3. The Bertz CT molecular complexity index is 2330. The third-order valence-corrected chi connectivity index (χ3v) is 14.0. The van der Waals surface area contributed by atoms with Crippen molar-refractivity contribution < 1.29 is 23.9 Å². The molecular weight excluding hydrogens is 932 g/mol. The monoisotopic (exact) mass is 983 g/mol. The summed E-state index contributed by atoms with van der Waals surface area (Å²) in [6.07, 6.45) is 9.12. The van der Waals surface area contributed by atoms with Crippen LogP contribution < -0.4 is 35.2 Å². The number of rotatable bonds is 19. The number of nitrogens with one attached hydrogen (secondary N) is 3. The molecule has 2 aromatic heterocycles. The second-order valence-electron chi connectivity index (χ2n) is 15.7. The molecule has 0 aliphatic carbocycles. The Hall–Kier alpha value is -4.68. The molecule has 2 amide bonds. The van der Waals surface area contributed by atoms with Crippen molar-refractivity contribution in [2.45, 2.75) is 54.4 Å². The zero-order chi connectivity index (χ0) is 43.5. The van der Waals surface area contributed by atoms with Crippen LogP contribution in [0.1, 0.15) is 50.0 Å². The molecular formula is C47H53ClN7O5SSb. The first-order chi connectivity index (χ1) is 30.2. The van der Waals surface area contributed by atoms with E-state index >= 15 is 0 Å². The molecule has 0 saturated carbocycles. The first-order valence-electron chi connectivity index (χ1n) is 21.2. The predicted octanol–water partition coefficient (Wildman–Crippen LogP) is 7.83. The number of carbonyl (C=O) groups excluding carboxylic acids is 3. The van der Waals surface area contributed by atoms with Gasteiger partial charge in [-0.05, 0) is 61.4 Å². The number of piperidine rings is 2. The van der Waals surface area contributed by atoms with Gasteiger partial charge in [-0.2, -0.15) is 0 Å². The predicted molar refractivity (Wildman–Crippen MR) is 250 cm³/mol. The molecule has 5 aromatic rings. The van der Waals surface area contributed by atoms with Crippen LogP contribution in [0.5, 0.6) is 11.5 Å². The summed E-state index contributed by atoms with van der Waals surface area (Å²) in [5.41, 5.74) is 3.10. The zero-order valence-electron chi connectivity index (χ0n) is 35.0. The van der Waals surface area contributed by atoms with Crippen LogP contribution in [0, 0.1) is 5.92 Å². The van der Waals surface area contributed by atoms with Gasteiger partial charge in [-0.25, -0.2) is 9.97 Å². The van der Waals surface area contributed by atoms with Crippen LogP contribution in [0.3, 0.4) is 0 Å². The SMILES string of the molecule is C=CCCC(C(=O)NC)c1ccc(N2CCC(CNCCOc3ccc(NC(=O)[CH2][Sb])c(N4CCC(C=O)(Oc5ccccc5-c5nc6cccc(Cl)c6s5)CC4)c3)CC2)nc1. The molecule has 4 heterocycles. The molecule has 1 unspecified atom stereocenters. The molecule has 2 saturated heterocycles. The maximum absolute atomic E-state index is 12.8. The number of anilines is 3. The standard InChI is InChI=1S/C47H53ClN7O5S.Sb/c1-4-5-9-36(45(58)49-3)34-14-17-43(51-30-34)55-23-18-33(19-24-55)29-50-22-27-59-35-15-16-39(52-32(2)57)41(28-35)54-25-20-47(31-56,21-26-54)60-42-13-7-6-10-37(42)46-53-40-12-8-11-38(48)44(40)61-46;/h4,6-8,10-17,28,30-31,33,36,50H,1-2,5,9,18-27,29H2,3H3,(H,49,58)(H,52,57);. The number of benzene rings is 3. The van der Waals surface area contributed by atoms with Gasteiger partial charge in [0.15, 0.2) is 0 Å². The number of likely N-dealkylation sites (N-methyl/N-ethyl adjacent to an activating group) is 1. The number of halogens is 1. The minimum Gasteiger partial charge on any atom is -0.239 e. The number of hydrogen-bond donors (Lipinski definition) is 3. The van der Waals surface area contributed by atoms with Crippen molar-refractivity contribution in [3.8, 4) is 22.1 Å². The molecule has 2 fully saturated rings. The maximum Gasteiger partial charge on any atom is 0.0332 e.